The lowest BCUT2D eigenvalue weighted by Gasteiger charge is -2.25. The Hall–Kier alpha value is -1.06. The van der Waals surface area contributed by atoms with Crippen molar-refractivity contribution in [3.63, 3.8) is 0 Å². The number of rotatable bonds is 4. The van der Waals surface area contributed by atoms with Crippen molar-refractivity contribution < 1.29 is 9.47 Å². The first-order valence-electron chi connectivity index (χ1n) is 6.74. The highest BCUT2D eigenvalue weighted by Crippen LogP contribution is 2.24. The van der Waals surface area contributed by atoms with Gasteiger partial charge in [0.25, 0.3) is 0 Å². The topological polar surface area (TPSA) is 44.5 Å². The van der Waals surface area contributed by atoms with E-state index in [4.69, 9.17) is 15.2 Å². The highest BCUT2D eigenvalue weighted by molar-refractivity contribution is 5.37. The summed E-state index contributed by atoms with van der Waals surface area (Å²) in [5.41, 5.74) is 8.35. The van der Waals surface area contributed by atoms with Crippen LogP contribution in [-0.2, 0) is 11.2 Å². The van der Waals surface area contributed by atoms with Crippen LogP contribution in [0.4, 0.5) is 0 Å². The van der Waals surface area contributed by atoms with E-state index in [0.29, 0.717) is 6.61 Å². The Labute approximate surface area is 109 Å². The minimum absolute atomic E-state index is 0.150. The molecule has 18 heavy (non-hydrogen) atoms. The summed E-state index contributed by atoms with van der Waals surface area (Å²) >= 11 is 0. The predicted molar refractivity (Wildman–Crippen MR) is 73.0 cm³/mol. The van der Waals surface area contributed by atoms with E-state index in [1.807, 2.05) is 6.92 Å². The van der Waals surface area contributed by atoms with Crippen LogP contribution in [0.1, 0.15) is 30.9 Å². The molecule has 3 heteroatoms. The van der Waals surface area contributed by atoms with E-state index in [1.165, 1.54) is 11.1 Å². The van der Waals surface area contributed by atoms with E-state index in [-0.39, 0.29) is 12.1 Å². The summed E-state index contributed by atoms with van der Waals surface area (Å²) in [5, 5.41) is 0. The van der Waals surface area contributed by atoms with Crippen LogP contribution in [0.15, 0.2) is 18.2 Å². The molecule has 2 rings (SSSR count). The van der Waals surface area contributed by atoms with Crippen LogP contribution in [0.2, 0.25) is 0 Å². The van der Waals surface area contributed by atoms with Gasteiger partial charge in [0.2, 0.25) is 0 Å². The highest BCUT2D eigenvalue weighted by Gasteiger charge is 2.17. The summed E-state index contributed by atoms with van der Waals surface area (Å²) in [4.78, 5) is 0. The van der Waals surface area contributed by atoms with Crippen LogP contribution in [0, 0.1) is 6.92 Å². The molecule has 1 aliphatic rings. The van der Waals surface area contributed by atoms with Crippen LogP contribution in [0.3, 0.4) is 0 Å². The molecule has 0 radical (unpaired) electrons. The quantitative estimate of drug-likeness (QED) is 0.891. The minimum Gasteiger partial charge on any atom is -0.488 e. The fourth-order valence-electron chi connectivity index (χ4n) is 2.31. The van der Waals surface area contributed by atoms with E-state index in [1.54, 1.807) is 0 Å². The van der Waals surface area contributed by atoms with Gasteiger partial charge in [-0.15, -0.1) is 0 Å². The van der Waals surface area contributed by atoms with Crippen LogP contribution in [0.5, 0.6) is 5.75 Å². The maximum Gasteiger partial charge on any atom is 0.123 e. The highest BCUT2D eigenvalue weighted by atomic mass is 16.5. The third kappa shape index (κ3) is 3.72. The molecule has 0 amide bonds. The van der Waals surface area contributed by atoms with Crippen LogP contribution < -0.4 is 10.5 Å². The van der Waals surface area contributed by atoms with E-state index in [0.717, 1.165) is 31.6 Å². The zero-order valence-corrected chi connectivity index (χ0v) is 11.3. The van der Waals surface area contributed by atoms with Crippen molar-refractivity contribution in [1.29, 1.82) is 0 Å². The summed E-state index contributed by atoms with van der Waals surface area (Å²) < 4.78 is 11.5. The molecule has 1 saturated heterocycles. The Balaban J connectivity index is 2.09. The normalized spacial score (nSPS) is 21.6. The molecule has 100 valence electrons. The Morgan fingerprint density at radius 1 is 1.50 bits per heavy atom. The van der Waals surface area contributed by atoms with E-state index >= 15 is 0 Å². The van der Waals surface area contributed by atoms with Crippen LogP contribution in [0.25, 0.3) is 0 Å². The van der Waals surface area contributed by atoms with Crippen molar-refractivity contribution in [1.82, 2.24) is 0 Å². The average Bonchev–Trinajstić information content (AvgIpc) is 2.33. The van der Waals surface area contributed by atoms with Gasteiger partial charge in [0.1, 0.15) is 11.9 Å². The van der Waals surface area contributed by atoms with Gasteiger partial charge >= 0.3 is 0 Å². The molecule has 1 heterocycles. The minimum atomic E-state index is 0.150. The smallest absolute Gasteiger partial charge is 0.123 e. The van der Waals surface area contributed by atoms with Gasteiger partial charge in [-0.3, -0.25) is 0 Å². The largest absolute Gasteiger partial charge is 0.488 e. The number of hydrogen-bond acceptors (Lipinski definition) is 3. The second-order valence-electron chi connectivity index (χ2n) is 5.25. The maximum atomic E-state index is 6.06. The molecule has 3 nitrogen and oxygen atoms in total. The lowest BCUT2D eigenvalue weighted by Crippen LogP contribution is -2.28. The van der Waals surface area contributed by atoms with Gasteiger partial charge in [-0.2, -0.15) is 0 Å². The SMILES string of the molecule is Cc1ccc(OC2CCCOC2)c(CC(C)N)c1. The molecule has 2 atom stereocenters. The molecule has 1 aromatic rings. The average molecular weight is 249 g/mol. The zero-order valence-electron chi connectivity index (χ0n) is 11.3. The molecule has 2 N–H and O–H groups in total. The van der Waals surface area contributed by atoms with E-state index < -0.39 is 0 Å². The second kappa shape index (κ2) is 6.21. The summed E-state index contributed by atoms with van der Waals surface area (Å²) in [6, 6.07) is 6.46. The molecule has 0 aromatic heterocycles. The first-order valence-corrected chi connectivity index (χ1v) is 6.74. The van der Waals surface area contributed by atoms with E-state index in [2.05, 4.69) is 25.1 Å². The van der Waals surface area contributed by atoms with Gasteiger partial charge in [0, 0.05) is 12.6 Å². The third-order valence-corrected chi connectivity index (χ3v) is 3.17. The Morgan fingerprint density at radius 2 is 2.33 bits per heavy atom. The lowest BCUT2D eigenvalue weighted by molar-refractivity contribution is 0.00702. The standard InChI is InChI=1S/C15H23NO2/c1-11-5-6-15(13(8-11)9-12(2)16)18-14-4-3-7-17-10-14/h5-6,8,12,14H,3-4,7,9-10,16H2,1-2H3. The Bertz CT molecular complexity index is 384. The number of benzene rings is 1. The van der Waals surface area contributed by atoms with Gasteiger partial charge in [0.05, 0.1) is 6.61 Å². The summed E-state index contributed by atoms with van der Waals surface area (Å²) in [6.07, 6.45) is 3.20. The summed E-state index contributed by atoms with van der Waals surface area (Å²) in [7, 11) is 0. The fraction of sp³-hybridized carbons (Fsp3) is 0.600. The van der Waals surface area contributed by atoms with Crippen molar-refractivity contribution in [2.75, 3.05) is 13.2 Å². The lowest BCUT2D eigenvalue weighted by atomic mass is 10.0. The van der Waals surface area contributed by atoms with Gasteiger partial charge in [-0.05, 0) is 44.7 Å². The number of hydrogen-bond donors (Lipinski definition) is 1. The van der Waals surface area contributed by atoms with Crippen molar-refractivity contribution >= 4 is 0 Å². The summed E-state index contributed by atoms with van der Waals surface area (Å²) in [6.45, 7) is 5.68. The van der Waals surface area contributed by atoms with E-state index in [9.17, 15) is 0 Å². The van der Waals surface area contributed by atoms with Crippen molar-refractivity contribution in [3.05, 3.63) is 29.3 Å². The van der Waals surface area contributed by atoms with Crippen molar-refractivity contribution in [3.8, 4) is 5.75 Å². The molecule has 1 fully saturated rings. The molecule has 1 aliphatic heterocycles. The zero-order chi connectivity index (χ0) is 13.0. The van der Waals surface area contributed by atoms with Crippen LogP contribution in [-0.4, -0.2) is 25.4 Å². The van der Waals surface area contributed by atoms with Crippen LogP contribution >= 0.6 is 0 Å². The number of nitrogens with two attached hydrogens (primary N) is 1. The number of aryl methyl sites for hydroxylation is 1. The first kappa shape index (κ1) is 13.4. The fourth-order valence-corrected chi connectivity index (χ4v) is 2.31. The third-order valence-electron chi connectivity index (χ3n) is 3.17. The van der Waals surface area contributed by atoms with Gasteiger partial charge in [-0.25, -0.2) is 0 Å². The molecular weight excluding hydrogens is 226 g/mol. The van der Waals surface area contributed by atoms with Gasteiger partial charge < -0.3 is 15.2 Å². The Kier molecular flexibility index (Phi) is 4.61. The Morgan fingerprint density at radius 3 is 3.00 bits per heavy atom. The predicted octanol–water partition coefficient (Wildman–Crippen LogP) is 2.44. The monoisotopic (exact) mass is 249 g/mol. The number of ether oxygens (including phenoxy) is 2. The van der Waals surface area contributed by atoms with Crippen molar-refractivity contribution in [2.45, 2.75) is 45.3 Å². The molecule has 0 aliphatic carbocycles. The molecule has 0 saturated carbocycles. The maximum absolute atomic E-state index is 6.06. The second-order valence-corrected chi connectivity index (χ2v) is 5.25. The molecule has 0 spiro atoms. The van der Waals surface area contributed by atoms with Gasteiger partial charge in [0.15, 0.2) is 0 Å². The molecular formula is C15H23NO2. The molecule has 0 bridgehead atoms. The summed E-state index contributed by atoms with van der Waals surface area (Å²) in [5.74, 6) is 0.966. The first-order chi connectivity index (χ1) is 8.65. The van der Waals surface area contributed by atoms with Crippen molar-refractivity contribution in [2.24, 2.45) is 5.73 Å². The van der Waals surface area contributed by atoms with Gasteiger partial charge in [-0.1, -0.05) is 17.7 Å². The molecule has 1 aromatic carbocycles. The molecule has 2 unspecified atom stereocenters.